The third kappa shape index (κ3) is 7.50. The van der Waals surface area contributed by atoms with E-state index in [4.69, 9.17) is 54.4 Å². The molecule has 0 radical (unpaired) electrons. The summed E-state index contributed by atoms with van der Waals surface area (Å²) in [7, 11) is 0. The fraction of sp³-hybridized carbons (Fsp3) is 0.212. The molecule has 5 rings (SSSR count). The van der Waals surface area contributed by atoms with Crippen LogP contribution in [0.5, 0.6) is 5.75 Å². The van der Waals surface area contributed by atoms with Crippen molar-refractivity contribution in [1.29, 1.82) is 0 Å². The Morgan fingerprint density at radius 3 is 2.33 bits per heavy atom. The van der Waals surface area contributed by atoms with E-state index >= 15 is 0 Å². The second-order valence-electron chi connectivity index (χ2n) is 10.1. The van der Waals surface area contributed by atoms with Gasteiger partial charge in [-0.25, -0.2) is 10.4 Å². The van der Waals surface area contributed by atoms with Crippen molar-refractivity contribution in [2.75, 3.05) is 13.2 Å². The fourth-order valence-electron chi connectivity index (χ4n) is 4.82. The van der Waals surface area contributed by atoms with Gasteiger partial charge in [-0.3, -0.25) is 10.2 Å². The van der Waals surface area contributed by atoms with Crippen LogP contribution in [-0.2, 0) is 22.5 Å². The van der Waals surface area contributed by atoms with Crippen LogP contribution in [0.3, 0.4) is 0 Å². The number of rotatable bonds is 12. The average Bonchev–Trinajstić information content (AvgIpc) is 3.39. The molecule has 1 aliphatic rings. The normalized spacial score (nSPS) is 17.7. The summed E-state index contributed by atoms with van der Waals surface area (Å²) < 4.78 is 12.2. The highest BCUT2D eigenvalue weighted by atomic mass is 35.5. The Labute approximate surface area is 265 Å². The molecule has 0 fully saturated rings. The molecule has 222 valence electrons. The van der Waals surface area contributed by atoms with Crippen molar-refractivity contribution in [3.05, 3.63) is 134 Å². The van der Waals surface area contributed by atoms with E-state index < -0.39 is 11.6 Å². The van der Waals surface area contributed by atoms with Crippen LogP contribution in [0.25, 0.3) is 0 Å². The minimum atomic E-state index is -1.43. The van der Waals surface area contributed by atoms with Gasteiger partial charge in [-0.2, -0.15) is 0 Å². The number of hydrogen-bond donors (Lipinski definition) is 3. The summed E-state index contributed by atoms with van der Waals surface area (Å²) in [6.07, 6.45) is -0.104. The summed E-state index contributed by atoms with van der Waals surface area (Å²) in [5, 5.41) is 10.5. The highest BCUT2D eigenvalue weighted by Crippen LogP contribution is 2.45. The average molecular weight is 639 g/mol. The van der Waals surface area contributed by atoms with Gasteiger partial charge < -0.3 is 14.6 Å². The Hall–Kier alpha value is -3.59. The number of nitrogens with zero attached hydrogens (tertiary/aromatic N) is 1. The number of carbonyl (C=O) groups is 1. The molecule has 43 heavy (non-hydrogen) atoms. The summed E-state index contributed by atoms with van der Waals surface area (Å²) in [5.74, 6) is 0.551. The summed E-state index contributed by atoms with van der Waals surface area (Å²) in [4.78, 5) is 19.3. The number of nitrogens with one attached hydrogen (secondary N) is 2. The molecule has 0 aromatic heterocycles. The number of aliphatic imine (C=N–C) groups is 1. The Bertz CT molecular complexity index is 1570. The number of carbonyl (C=O) groups excluding carboxylic acids is 1. The number of aliphatic hydroxyl groups excluding tert-OH is 1. The zero-order chi connectivity index (χ0) is 30.2. The number of hydrogen-bond acceptors (Lipinski definition) is 6. The topological polar surface area (TPSA) is 92.2 Å². The lowest BCUT2D eigenvalue weighted by molar-refractivity contribution is -0.130. The summed E-state index contributed by atoms with van der Waals surface area (Å²) >= 11 is 19.0. The molecule has 1 aliphatic heterocycles. The molecule has 10 heteroatoms. The maximum atomic E-state index is 14.3. The van der Waals surface area contributed by atoms with Crippen molar-refractivity contribution in [3.63, 3.8) is 0 Å². The van der Waals surface area contributed by atoms with Gasteiger partial charge in [-0.15, -0.1) is 0 Å². The molecule has 1 heterocycles. The summed E-state index contributed by atoms with van der Waals surface area (Å²) in [6.45, 7) is 0.817. The van der Waals surface area contributed by atoms with Crippen molar-refractivity contribution >= 4 is 46.6 Å². The minimum absolute atomic E-state index is 0.0531. The Balaban J connectivity index is 1.52. The Morgan fingerprint density at radius 1 is 0.907 bits per heavy atom. The van der Waals surface area contributed by atoms with E-state index in [2.05, 4.69) is 10.9 Å². The fourth-order valence-corrected chi connectivity index (χ4v) is 5.45. The van der Waals surface area contributed by atoms with Gasteiger partial charge in [0, 0.05) is 52.2 Å². The third-order valence-corrected chi connectivity index (χ3v) is 7.81. The van der Waals surface area contributed by atoms with Gasteiger partial charge in [0.1, 0.15) is 5.75 Å². The van der Waals surface area contributed by atoms with Crippen LogP contribution in [0.15, 0.2) is 102 Å². The molecule has 1 amide bonds. The summed E-state index contributed by atoms with van der Waals surface area (Å²) in [5.41, 5.74) is 7.55. The highest BCUT2D eigenvalue weighted by molar-refractivity contribution is 6.35. The van der Waals surface area contributed by atoms with Crippen LogP contribution in [-0.4, -0.2) is 35.7 Å². The molecular weight excluding hydrogens is 609 g/mol. The lowest BCUT2D eigenvalue weighted by atomic mass is 9.82. The second-order valence-corrected chi connectivity index (χ2v) is 11.3. The third-order valence-electron chi connectivity index (χ3n) is 7.00. The van der Waals surface area contributed by atoms with E-state index in [0.717, 1.165) is 11.1 Å². The standard InChI is InChI=1S/C33H30Cl3N3O4/c34-25-11-7-23(8-12-25)21-37-39-32(41)33(20-22-5-2-1-3-6-22)30(28-16-13-26(35)19-29(28)36)43-31(38-33)24-9-14-27(15-10-24)42-18-4-17-40/h1-3,5-16,19,30,37,40H,4,17-18,20-21H2,(H,39,41)/t30-,33-/m0/s1. The highest BCUT2D eigenvalue weighted by Gasteiger charge is 2.54. The van der Waals surface area contributed by atoms with E-state index in [1.807, 2.05) is 54.6 Å². The first-order chi connectivity index (χ1) is 20.9. The number of aliphatic hydroxyl groups is 1. The van der Waals surface area contributed by atoms with E-state index in [1.165, 1.54) is 0 Å². The largest absolute Gasteiger partial charge is 0.494 e. The predicted molar refractivity (Wildman–Crippen MR) is 170 cm³/mol. The molecule has 0 saturated heterocycles. The monoisotopic (exact) mass is 637 g/mol. The van der Waals surface area contributed by atoms with Crippen LogP contribution >= 0.6 is 34.8 Å². The van der Waals surface area contributed by atoms with E-state index in [0.29, 0.717) is 57.4 Å². The molecular formula is C33H30Cl3N3O4. The lowest BCUT2D eigenvalue weighted by Crippen LogP contribution is -2.53. The molecule has 7 nitrogen and oxygen atoms in total. The maximum Gasteiger partial charge on any atom is 0.266 e. The predicted octanol–water partition coefficient (Wildman–Crippen LogP) is 6.73. The van der Waals surface area contributed by atoms with Crippen molar-refractivity contribution in [2.45, 2.75) is 31.0 Å². The summed E-state index contributed by atoms with van der Waals surface area (Å²) in [6, 6.07) is 29.3. The van der Waals surface area contributed by atoms with E-state index in [9.17, 15) is 4.79 Å². The first kappa shape index (κ1) is 30.9. The molecule has 0 saturated carbocycles. The van der Waals surface area contributed by atoms with Crippen molar-refractivity contribution < 1.29 is 19.4 Å². The van der Waals surface area contributed by atoms with Crippen LogP contribution in [0.4, 0.5) is 0 Å². The Morgan fingerprint density at radius 2 is 1.63 bits per heavy atom. The van der Waals surface area contributed by atoms with Crippen LogP contribution in [0, 0.1) is 0 Å². The quantitative estimate of drug-likeness (QED) is 0.118. The maximum absolute atomic E-state index is 14.3. The molecule has 4 aromatic rings. The Kier molecular flexibility index (Phi) is 10.2. The zero-order valence-corrected chi connectivity index (χ0v) is 25.4. The SMILES string of the molecule is O=C(NNCc1ccc(Cl)cc1)[C@@]1(Cc2ccccc2)N=C(c2ccc(OCCCO)cc2)O[C@H]1c1ccc(Cl)cc1Cl. The molecule has 3 N–H and O–H groups in total. The minimum Gasteiger partial charge on any atom is -0.494 e. The number of ether oxygens (including phenoxy) is 2. The van der Waals surface area contributed by atoms with Crippen LogP contribution < -0.4 is 15.6 Å². The number of benzene rings is 4. The number of amides is 1. The molecule has 0 aliphatic carbocycles. The molecule has 2 atom stereocenters. The van der Waals surface area contributed by atoms with Gasteiger partial charge in [0.15, 0.2) is 11.6 Å². The lowest BCUT2D eigenvalue weighted by Gasteiger charge is -2.31. The zero-order valence-electron chi connectivity index (χ0n) is 23.1. The van der Waals surface area contributed by atoms with Crippen LogP contribution in [0.2, 0.25) is 15.1 Å². The second kappa shape index (κ2) is 14.3. The van der Waals surface area contributed by atoms with Gasteiger partial charge in [0.05, 0.1) is 6.61 Å². The van der Waals surface area contributed by atoms with Gasteiger partial charge in [-0.1, -0.05) is 83.3 Å². The van der Waals surface area contributed by atoms with Gasteiger partial charge in [0.2, 0.25) is 5.90 Å². The number of halogens is 3. The first-order valence-corrected chi connectivity index (χ1v) is 14.9. The van der Waals surface area contributed by atoms with Gasteiger partial charge >= 0.3 is 0 Å². The number of hydrazine groups is 1. The van der Waals surface area contributed by atoms with Crippen molar-refractivity contribution in [2.24, 2.45) is 4.99 Å². The van der Waals surface area contributed by atoms with E-state index in [1.54, 1.807) is 42.5 Å². The van der Waals surface area contributed by atoms with Gasteiger partial charge in [0.25, 0.3) is 5.91 Å². The molecule has 4 aromatic carbocycles. The smallest absolute Gasteiger partial charge is 0.266 e. The molecule has 0 bridgehead atoms. The molecule has 0 unspecified atom stereocenters. The van der Waals surface area contributed by atoms with Gasteiger partial charge in [-0.05, 0) is 59.7 Å². The van der Waals surface area contributed by atoms with E-state index in [-0.39, 0.29) is 18.9 Å². The van der Waals surface area contributed by atoms with Crippen molar-refractivity contribution in [3.8, 4) is 5.75 Å². The molecule has 0 spiro atoms. The van der Waals surface area contributed by atoms with Crippen LogP contribution in [0.1, 0.15) is 34.8 Å². The first-order valence-electron chi connectivity index (χ1n) is 13.8. The van der Waals surface area contributed by atoms with Crippen molar-refractivity contribution in [1.82, 2.24) is 10.9 Å².